The predicted molar refractivity (Wildman–Crippen MR) is 160 cm³/mol. The standard InChI is InChI=1S/C33H32F2N6O2/c34-20-12-33(8-3-9-41(33)15-20)18-43-32-26(13-36)28-27(31(39-32)40-16-21-6-7-22(17-40)38-21)14-37-30(29(28)35)25-11-23(42)10-19-4-1-2-5-24(19)25/h1-2,4-5,10-11,14,20-22,38,42H,3,6-9,12,15-18H2/t20-,21?,22?,33+/m1/s1. The van der Waals surface area contributed by atoms with E-state index in [0.717, 1.165) is 43.0 Å². The van der Waals surface area contributed by atoms with Crippen LogP contribution in [0.3, 0.4) is 0 Å². The zero-order chi connectivity index (χ0) is 29.3. The van der Waals surface area contributed by atoms with Crippen LogP contribution < -0.4 is 15.0 Å². The number of aromatic hydroxyl groups is 1. The van der Waals surface area contributed by atoms with Gasteiger partial charge in [0, 0.05) is 60.7 Å². The van der Waals surface area contributed by atoms with Crippen molar-refractivity contribution >= 4 is 27.4 Å². The van der Waals surface area contributed by atoms with Crippen LogP contribution in [-0.2, 0) is 0 Å². The van der Waals surface area contributed by atoms with E-state index in [-0.39, 0.29) is 34.9 Å². The molecule has 8 rings (SSSR count). The first-order valence-corrected chi connectivity index (χ1v) is 15.1. The number of fused-ring (bicyclic) bond motifs is 5. The fourth-order valence-corrected chi connectivity index (χ4v) is 7.97. The first-order chi connectivity index (χ1) is 20.9. The third kappa shape index (κ3) is 4.28. The minimum Gasteiger partial charge on any atom is -0.508 e. The molecule has 2 aromatic carbocycles. The maximum atomic E-state index is 16.9. The number of phenols is 1. The molecule has 0 amide bonds. The summed E-state index contributed by atoms with van der Waals surface area (Å²) < 4.78 is 37.7. The highest BCUT2D eigenvalue weighted by molar-refractivity contribution is 6.02. The molecule has 43 heavy (non-hydrogen) atoms. The molecule has 6 heterocycles. The molecular weight excluding hydrogens is 550 g/mol. The van der Waals surface area contributed by atoms with Gasteiger partial charge >= 0.3 is 0 Å². The van der Waals surface area contributed by atoms with E-state index >= 15 is 4.39 Å². The molecule has 0 radical (unpaired) electrons. The Balaban J connectivity index is 1.30. The number of benzene rings is 2. The number of nitrogens with one attached hydrogen (secondary N) is 1. The van der Waals surface area contributed by atoms with Gasteiger partial charge in [-0.1, -0.05) is 24.3 Å². The molecule has 4 atom stereocenters. The van der Waals surface area contributed by atoms with Crippen LogP contribution in [0.2, 0.25) is 0 Å². The molecule has 2 bridgehead atoms. The Morgan fingerprint density at radius 1 is 1.14 bits per heavy atom. The fourth-order valence-electron chi connectivity index (χ4n) is 7.97. The summed E-state index contributed by atoms with van der Waals surface area (Å²) in [6.45, 7) is 2.79. The van der Waals surface area contributed by atoms with Crippen molar-refractivity contribution in [3.05, 3.63) is 54.0 Å². The number of alkyl halides is 1. The first kappa shape index (κ1) is 26.5. The second-order valence-electron chi connectivity index (χ2n) is 12.6. The van der Waals surface area contributed by atoms with Crippen LogP contribution in [0.1, 0.15) is 37.7 Å². The van der Waals surface area contributed by atoms with Gasteiger partial charge in [0.05, 0.1) is 5.54 Å². The molecule has 8 nitrogen and oxygen atoms in total. The highest BCUT2D eigenvalue weighted by Crippen LogP contribution is 2.43. The van der Waals surface area contributed by atoms with Crippen LogP contribution in [0.4, 0.5) is 14.6 Å². The van der Waals surface area contributed by atoms with Gasteiger partial charge in [0.1, 0.15) is 41.7 Å². The monoisotopic (exact) mass is 582 g/mol. The molecule has 2 unspecified atom stereocenters. The van der Waals surface area contributed by atoms with Gasteiger partial charge in [0.2, 0.25) is 5.88 Å². The van der Waals surface area contributed by atoms with E-state index in [9.17, 15) is 14.8 Å². The van der Waals surface area contributed by atoms with Crippen LogP contribution in [0, 0.1) is 17.1 Å². The lowest BCUT2D eigenvalue weighted by molar-refractivity contribution is 0.110. The maximum Gasteiger partial charge on any atom is 0.234 e. The zero-order valence-corrected chi connectivity index (χ0v) is 23.7. The summed E-state index contributed by atoms with van der Waals surface area (Å²) in [4.78, 5) is 13.8. The lowest BCUT2D eigenvalue weighted by Gasteiger charge is -2.35. The number of nitriles is 1. The third-order valence-electron chi connectivity index (χ3n) is 9.90. The highest BCUT2D eigenvalue weighted by atomic mass is 19.1. The van der Waals surface area contributed by atoms with E-state index in [2.05, 4.69) is 26.2 Å². The molecule has 10 heteroatoms. The Morgan fingerprint density at radius 3 is 2.77 bits per heavy atom. The molecule has 4 saturated heterocycles. The van der Waals surface area contributed by atoms with Crippen LogP contribution in [-0.4, -0.2) is 76.6 Å². The van der Waals surface area contributed by atoms with E-state index < -0.39 is 17.5 Å². The topological polar surface area (TPSA) is 97.5 Å². The smallest absolute Gasteiger partial charge is 0.234 e. The molecule has 2 aromatic heterocycles. The quantitative estimate of drug-likeness (QED) is 0.337. The Morgan fingerprint density at radius 2 is 1.95 bits per heavy atom. The summed E-state index contributed by atoms with van der Waals surface area (Å²) in [6.07, 6.45) is 4.94. The van der Waals surface area contributed by atoms with Crippen molar-refractivity contribution in [1.82, 2.24) is 20.2 Å². The molecule has 220 valence electrons. The van der Waals surface area contributed by atoms with Gasteiger partial charge in [-0.05, 0) is 55.1 Å². The van der Waals surface area contributed by atoms with Gasteiger partial charge in [-0.25, -0.2) is 8.78 Å². The Kier molecular flexibility index (Phi) is 6.17. The number of phenolic OH excluding ortho intramolecular Hbond substituents is 1. The van der Waals surface area contributed by atoms with Crippen LogP contribution in [0.25, 0.3) is 32.8 Å². The predicted octanol–water partition coefficient (Wildman–Crippen LogP) is 5.06. The molecule has 4 aromatic rings. The van der Waals surface area contributed by atoms with Gasteiger partial charge < -0.3 is 20.1 Å². The van der Waals surface area contributed by atoms with Crippen molar-refractivity contribution in [1.29, 1.82) is 5.26 Å². The number of aromatic nitrogens is 2. The second-order valence-corrected chi connectivity index (χ2v) is 12.6. The number of anilines is 1. The average Bonchev–Trinajstić information content (AvgIpc) is 3.65. The maximum absolute atomic E-state index is 16.9. The van der Waals surface area contributed by atoms with Gasteiger partial charge in [0.15, 0.2) is 5.82 Å². The van der Waals surface area contributed by atoms with Crippen molar-refractivity contribution in [3.63, 3.8) is 0 Å². The molecule has 2 N–H and O–H groups in total. The van der Waals surface area contributed by atoms with Gasteiger partial charge in [-0.15, -0.1) is 0 Å². The number of hydrogen-bond acceptors (Lipinski definition) is 8. The lowest BCUT2D eigenvalue weighted by Crippen LogP contribution is -2.51. The lowest BCUT2D eigenvalue weighted by atomic mass is 9.95. The summed E-state index contributed by atoms with van der Waals surface area (Å²) >= 11 is 0. The summed E-state index contributed by atoms with van der Waals surface area (Å²) in [5.41, 5.74) is 0.0225. The van der Waals surface area contributed by atoms with Crippen LogP contribution >= 0.6 is 0 Å². The van der Waals surface area contributed by atoms with E-state index in [1.54, 1.807) is 12.3 Å². The van der Waals surface area contributed by atoms with Crippen LogP contribution in [0.15, 0.2) is 42.6 Å². The molecule has 4 aliphatic rings. The van der Waals surface area contributed by atoms with Crippen molar-refractivity contribution in [3.8, 4) is 29.0 Å². The van der Waals surface area contributed by atoms with Crippen molar-refractivity contribution < 1.29 is 18.6 Å². The number of ether oxygens (including phenoxy) is 1. The van der Waals surface area contributed by atoms with Crippen LogP contribution in [0.5, 0.6) is 11.6 Å². The Bertz CT molecular complexity index is 1800. The normalized spacial score (nSPS) is 26.7. The fraction of sp³-hybridized carbons (Fsp3) is 0.424. The molecule has 4 aliphatic heterocycles. The van der Waals surface area contributed by atoms with Crippen molar-refractivity contribution in [2.45, 2.75) is 55.9 Å². The number of halogens is 2. The number of piperazine rings is 1. The Hall–Kier alpha value is -4.07. The molecular formula is C33H32F2N6O2. The highest BCUT2D eigenvalue weighted by Gasteiger charge is 2.49. The third-order valence-corrected chi connectivity index (χ3v) is 9.90. The second kappa shape index (κ2) is 10.00. The molecule has 0 saturated carbocycles. The largest absolute Gasteiger partial charge is 0.508 e. The molecule has 0 spiro atoms. The van der Waals surface area contributed by atoms with E-state index in [0.29, 0.717) is 54.9 Å². The summed E-state index contributed by atoms with van der Waals surface area (Å²) in [5, 5.41) is 26.6. The molecule has 4 fully saturated rings. The number of rotatable bonds is 5. The van der Waals surface area contributed by atoms with Crippen molar-refractivity contribution in [2.24, 2.45) is 0 Å². The Labute approximate surface area is 247 Å². The SMILES string of the molecule is N#Cc1c(OC[C@@]23CCCN2C[C@H](F)C3)nc(N2CC3CCC(C2)N3)c2cnc(-c3cc(O)cc4ccccc34)c(F)c12. The minimum atomic E-state index is -0.918. The summed E-state index contributed by atoms with van der Waals surface area (Å²) in [6, 6.07) is 13.3. The zero-order valence-electron chi connectivity index (χ0n) is 23.7. The number of pyridine rings is 2. The van der Waals surface area contributed by atoms with E-state index in [1.807, 2.05) is 24.3 Å². The van der Waals surface area contributed by atoms with Gasteiger partial charge in [0.25, 0.3) is 0 Å². The molecule has 0 aliphatic carbocycles. The number of nitrogens with zero attached hydrogens (tertiary/aromatic N) is 5. The summed E-state index contributed by atoms with van der Waals surface area (Å²) in [5.74, 6) is -0.0657. The van der Waals surface area contributed by atoms with E-state index in [4.69, 9.17) is 9.72 Å². The van der Waals surface area contributed by atoms with E-state index in [1.165, 1.54) is 6.07 Å². The van der Waals surface area contributed by atoms with Gasteiger partial charge in [-0.3, -0.25) is 9.88 Å². The van der Waals surface area contributed by atoms with Gasteiger partial charge in [-0.2, -0.15) is 10.2 Å². The number of hydrogen-bond donors (Lipinski definition) is 2. The minimum absolute atomic E-state index is 0.00166. The summed E-state index contributed by atoms with van der Waals surface area (Å²) in [7, 11) is 0. The van der Waals surface area contributed by atoms with Crippen molar-refractivity contribution in [2.75, 3.05) is 37.7 Å². The average molecular weight is 583 g/mol. The first-order valence-electron chi connectivity index (χ1n) is 15.1.